The molecule has 1 N–H and O–H groups in total. The SMILES string of the molecule is CCNC(Cc1csc(C(C)CC)n1)c1ccccc1. The zero-order chi connectivity index (χ0) is 14.4. The van der Waals surface area contributed by atoms with E-state index < -0.39 is 0 Å². The van der Waals surface area contributed by atoms with Crippen molar-refractivity contribution in [3.8, 4) is 0 Å². The maximum atomic E-state index is 4.81. The first-order valence-electron chi connectivity index (χ1n) is 7.47. The minimum absolute atomic E-state index is 0.355. The van der Waals surface area contributed by atoms with Crippen LogP contribution in [0.15, 0.2) is 35.7 Å². The lowest BCUT2D eigenvalue weighted by Crippen LogP contribution is -2.23. The monoisotopic (exact) mass is 288 g/mol. The van der Waals surface area contributed by atoms with Gasteiger partial charge < -0.3 is 5.32 Å². The van der Waals surface area contributed by atoms with Gasteiger partial charge in [0.1, 0.15) is 0 Å². The van der Waals surface area contributed by atoms with Crippen LogP contribution in [0.3, 0.4) is 0 Å². The Morgan fingerprint density at radius 2 is 1.95 bits per heavy atom. The van der Waals surface area contributed by atoms with E-state index in [2.05, 4.69) is 61.8 Å². The van der Waals surface area contributed by atoms with Crippen molar-refractivity contribution in [3.05, 3.63) is 52.0 Å². The van der Waals surface area contributed by atoms with Gasteiger partial charge in [-0.3, -0.25) is 0 Å². The highest BCUT2D eigenvalue weighted by Crippen LogP contribution is 2.25. The van der Waals surface area contributed by atoms with Crippen molar-refractivity contribution in [2.75, 3.05) is 6.54 Å². The molecule has 0 fully saturated rings. The van der Waals surface area contributed by atoms with Gasteiger partial charge in [-0.1, -0.05) is 51.1 Å². The van der Waals surface area contributed by atoms with Gasteiger partial charge in [0.15, 0.2) is 0 Å². The van der Waals surface area contributed by atoms with Gasteiger partial charge >= 0.3 is 0 Å². The molecule has 0 amide bonds. The molecule has 2 unspecified atom stereocenters. The Kier molecular flexibility index (Phi) is 5.74. The summed E-state index contributed by atoms with van der Waals surface area (Å²) in [5.41, 5.74) is 2.55. The lowest BCUT2D eigenvalue weighted by molar-refractivity contribution is 0.544. The van der Waals surface area contributed by atoms with Crippen molar-refractivity contribution in [3.63, 3.8) is 0 Å². The Morgan fingerprint density at radius 1 is 1.20 bits per heavy atom. The smallest absolute Gasteiger partial charge is 0.0956 e. The summed E-state index contributed by atoms with van der Waals surface area (Å²) in [6.07, 6.45) is 2.12. The number of rotatable bonds is 7. The lowest BCUT2D eigenvalue weighted by atomic mass is 10.0. The Hall–Kier alpha value is -1.19. The second-order valence-electron chi connectivity index (χ2n) is 5.21. The van der Waals surface area contributed by atoms with E-state index in [4.69, 9.17) is 4.98 Å². The fourth-order valence-corrected chi connectivity index (χ4v) is 3.24. The number of thiazole rings is 1. The van der Waals surface area contributed by atoms with Crippen LogP contribution >= 0.6 is 11.3 Å². The van der Waals surface area contributed by atoms with Crippen LogP contribution in [0.1, 0.15) is 55.4 Å². The summed E-state index contributed by atoms with van der Waals surface area (Å²) in [6.45, 7) is 7.60. The van der Waals surface area contributed by atoms with Crippen molar-refractivity contribution in [1.29, 1.82) is 0 Å². The van der Waals surface area contributed by atoms with Gasteiger partial charge in [-0.15, -0.1) is 11.3 Å². The maximum Gasteiger partial charge on any atom is 0.0956 e. The topological polar surface area (TPSA) is 24.9 Å². The number of hydrogen-bond donors (Lipinski definition) is 1. The van der Waals surface area contributed by atoms with Gasteiger partial charge in [-0.25, -0.2) is 4.98 Å². The van der Waals surface area contributed by atoms with E-state index in [0.29, 0.717) is 12.0 Å². The summed E-state index contributed by atoms with van der Waals surface area (Å²) < 4.78 is 0. The van der Waals surface area contributed by atoms with Crippen LogP contribution in [0.2, 0.25) is 0 Å². The minimum atomic E-state index is 0.355. The van der Waals surface area contributed by atoms with Crippen molar-refractivity contribution in [1.82, 2.24) is 10.3 Å². The number of benzene rings is 1. The second kappa shape index (κ2) is 7.55. The normalized spacial score (nSPS) is 14.2. The van der Waals surface area contributed by atoms with E-state index in [0.717, 1.165) is 19.4 Å². The Labute approximate surface area is 126 Å². The van der Waals surface area contributed by atoms with Crippen LogP contribution in [0.25, 0.3) is 0 Å². The van der Waals surface area contributed by atoms with Gasteiger partial charge in [0.05, 0.1) is 10.7 Å². The van der Waals surface area contributed by atoms with Crippen LogP contribution in [0, 0.1) is 0 Å². The van der Waals surface area contributed by atoms with Crippen molar-refractivity contribution in [2.24, 2.45) is 0 Å². The van der Waals surface area contributed by atoms with Crippen LogP contribution in [-0.2, 0) is 6.42 Å². The molecule has 108 valence electrons. The third-order valence-corrected chi connectivity index (χ3v) is 4.79. The highest BCUT2D eigenvalue weighted by molar-refractivity contribution is 7.09. The van der Waals surface area contributed by atoms with Crippen LogP contribution in [0.5, 0.6) is 0 Å². The highest BCUT2D eigenvalue weighted by atomic mass is 32.1. The van der Waals surface area contributed by atoms with Crippen molar-refractivity contribution < 1.29 is 0 Å². The van der Waals surface area contributed by atoms with E-state index in [1.165, 1.54) is 16.3 Å². The molecule has 1 aromatic heterocycles. The molecule has 1 aromatic carbocycles. The van der Waals surface area contributed by atoms with Gasteiger partial charge in [0.2, 0.25) is 0 Å². The Bertz CT molecular complexity index is 507. The number of likely N-dealkylation sites (N-methyl/N-ethyl adjacent to an activating group) is 1. The Morgan fingerprint density at radius 3 is 2.60 bits per heavy atom. The molecule has 3 heteroatoms. The molecular formula is C17H24N2S. The van der Waals surface area contributed by atoms with E-state index >= 15 is 0 Å². The molecule has 0 saturated carbocycles. The molecule has 0 saturated heterocycles. The van der Waals surface area contributed by atoms with Gasteiger partial charge in [0.25, 0.3) is 0 Å². The Balaban J connectivity index is 2.10. The fourth-order valence-electron chi connectivity index (χ4n) is 2.27. The number of nitrogens with zero attached hydrogens (tertiary/aromatic N) is 1. The van der Waals surface area contributed by atoms with Crippen molar-refractivity contribution >= 4 is 11.3 Å². The summed E-state index contributed by atoms with van der Waals surface area (Å²) in [5, 5.41) is 7.05. The van der Waals surface area contributed by atoms with E-state index in [1.807, 2.05) is 0 Å². The molecule has 0 bridgehead atoms. The van der Waals surface area contributed by atoms with Crippen molar-refractivity contribution in [2.45, 2.75) is 45.6 Å². The first kappa shape index (κ1) is 15.2. The minimum Gasteiger partial charge on any atom is -0.310 e. The third kappa shape index (κ3) is 3.90. The second-order valence-corrected chi connectivity index (χ2v) is 6.10. The molecule has 0 aliphatic heterocycles. The quantitative estimate of drug-likeness (QED) is 0.808. The van der Waals surface area contributed by atoms with Gasteiger partial charge in [-0.05, 0) is 18.5 Å². The number of hydrogen-bond acceptors (Lipinski definition) is 3. The zero-order valence-electron chi connectivity index (χ0n) is 12.6. The highest BCUT2D eigenvalue weighted by Gasteiger charge is 2.14. The molecule has 20 heavy (non-hydrogen) atoms. The summed E-state index contributed by atoms with van der Waals surface area (Å²) in [6, 6.07) is 11.0. The summed E-state index contributed by atoms with van der Waals surface area (Å²) in [7, 11) is 0. The zero-order valence-corrected chi connectivity index (χ0v) is 13.4. The maximum absolute atomic E-state index is 4.81. The first-order chi connectivity index (χ1) is 9.74. The standard InChI is InChI=1S/C17H24N2S/c1-4-13(3)17-19-15(12-20-17)11-16(18-5-2)14-9-7-6-8-10-14/h6-10,12-13,16,18H,4-5,11H2,1-3H3. The van der Waals surface area contributed by atoms with E-state index in [-0.39, 0.29) is 0 Å². The molecule has 2 rings (SSSR count). The van der Waals surface area contributed by atoms with E-state index in [1.54, 1.807) is 11.3 Å². The van der Waals surface area contributed by atoms with E-state index in [9.17, 15) is 0 Å². The van der Waals surface area contributed by atoms with Gasteiger partial charge in [0, 0.05) is 23.8 Å². The molecule has 2 nitrogen and oxygen atoms in total. The molecule has 0 aliphatic carbocycles. The molecular weight excluding hydrogens is 264 g/mol. The predicted molar refractivity (Wildman–Crippen MR) is 87.4 cm³/mol. The molecule has 0 spiro atoms. The number of nitrogens with one attached hydrogen (secondary N) is 1. The first-order valence-corrected chi connectivity index (χ1v) is 8.35. The van der Waals surface area contributed by atoms with Crippen LogP contribution < -0.4 is 5.32 Å². The fraction of sp³-hybridized carbons (Fsp3) is 0.471. The summed E-state index contributed by atoms with van der Waals surface area (Å²) in [5.74, 6) is 0.572. The average Bonchev–Trinajstić information content (AvgIpc) is 2.95. The number of aromatic nitrogens is 1. The largest absolute Gasteiger partial charge is 0.310 e. The molecule has 1 heterocycles. The lowest BCUT2D eigenvalue weighted by Gasteiger charge is -2.17. The van der Waals surface area contributed by atoms with Crippen LogP contribution in [0.4, 0.5) is 0 Å². The third-order valence-electron chi connectivity index (χ3n) is 3.67. The summed E-state index contributed by atoms with van der Waals surface area (Å²) in [4.78, 5) is 4.81. The predicted octanol–water partition coefficient (Wildman–Crippen LogP) is 4.55. The molecule has 0 radical (unpaired) electrons. The summed E-state index contributed by atoms with van der Waals surface area (Å²) >= 11 is 1.80. The molecule has 2 atom stereocenters. The molecule has 0 aliphatic rings. The average molecular weight is 288 g/mol. The molecule has 2 aromatic rings. The van der Waals surface area contributed by atoms with Gasteiger partial charge in [-0.2, -0.15) is 0 Å². The van der Waals surface area contributed by atoms with Crippen LogP contribution in [-0.4, -0.2) is 11.5 Å².